The van der Waals surface area contributed by atoms with Crippen LogP contribution in [0.3, 0.4) is 0 Å². The number of carbonyl (C=O) groups is 4. The molecule has 462 valence electrons. The molecular weight excluding hydrogens is 1140 g/mol. The van der Waals surface area contributed by atoms with E-state index >= 15 is 8.78 Å². The van der Waals surface area contributed by atoms with Crippen LogP contribution in [0.4, 0.5) is 59.3 Å². The number of pyridine rings is 1. The summed E-state index contributed by atoms with van der Waals surface area (Å²) in [6.07, 6.45) is -10.3. The Morgan fingerprint density at radius 3 is 1.80 bits per heavy atom. The van der Waals surface area contributed by atoms with Gasteiger partial charge in [-0.2, -0.15) is 35.1 Å². The van der Waals surface area contributed by atoms with Gasteiger partial charge in [-0.15, -0.1) is 0 Å². The van der Waals surface area contributed by atoms with E-state index in [9.17, 15) is 59.4 Å². The van der Waals surface area contributed by atoms with Crippen molar-refractivity contribution in [3.05, 3.63) is 100 Å². The van der Waals surface area contributed by atoms with Crippen LogP contribution in [0, 0.1) is 34.3 Å². The maximum absolute atomic E-state index is 16.1. The van der Waals surface area contributed by atoms with Gasteiger partial charge in [0, 0.05) is 78.6 Å². The van der Waals surface area contributed by atoms with Gasteiger partial charge in [0.15, 0.2) is 0 Å². The number of carbonyl (C=O) groups excluding carboxylic acids is 4. The maximum Gasteiger partial charge on any atom is 0.408 e. The van der Waals surface area contributed by atoms with E-state index in [0.717, 1.165) is 51.0 Å². The summed E-state index contributed by atoms with van der Waals surface area (Å²) in [4.78, 5) is 66.7. The summed E-state index contributed by atoms with van der Waals surface area (Å²) in [7, 11) is 0. The SMILES string of the molecule is CC(C)(C(NC(=O)OC1CC1)C(=O)N[C@@H](Cc1ccc(C#Cc2ccc(N3CC4CCC(C3)N4C3COC3)nc2)cc1)[C@@H](O)CN(Cc1c(F)cc(C(N)=CC=NC(F)F)cc1F)NC(=O)[C@@H](NC(=O)OC1CC1)C(C)(C)C(F)(F)F)C(F)(F)F. The van der Waals surface area contributed by atoms with Gasteiger partial charge in [0.05, 0.1) is 42.2 Å². The monoisotopic (exact) mass is 1210 g/mol. The van der Waals surface area contributed by atoms with Crippen LogP contribution in [-0.4, -0.2) is 157 Å². The molecule has 6 atom stereocenters. The van der Waals surface area contributed by atoms with Crippen molar-refractivity contribution in [3.8, 4) is 11.8 Å². The van der Waals surface area contributed by atoms with Gasteiger partial charge in [-0.25, -0.2) is 33.4 Å². The Hall–Kier alpha value is -7.22. The molecule has 3 unspecified atom stereocenters. The minimum atomic E-state index is -5.23. The molecule has 2 bridgehead atoms. The van der Waals surface area contributed by atoms with Gasteiger partial charge in [0.2, 0.25) is 5.91 Å². The van der Waals surface area contributed by atoms with Gasteiger partial charge in [-0.1, -0.05) is 24.0 Å². The lowest BCUT2D eigenvalue weighted by molar-refractivity contribution is -0.221. The minimum absolute atomic E-state index is 0.283. The molecule has 5 fully saturated rings. The van der Waals surface area contributed by atoms with E-state index < -0.39 is 138 Å². The van der Waals surface area contributed by atoms with Crippen molar-refractivity contribution in [2.24, 2.45) is 21.6 Å². The predicted molar refractivity (Wildman–Crippen MR) is 288 cm³/mol. The van der Waals surface area contributed by atoms with E-state index in [4.69, 9.17) is 19.9 Å². The summed E-state index contributed by atoms with van der Waals surface area (Å²) < 4.78 is 162. The molecule has 1 aromatic heterocycles. The number of aliphatic hydroxyl groups excluding tert-OH is 1. The van der Waals surface area contributed by atoms with Gasteiger partial charge >= 0.3 is 31.1 Å². The molecule has 0 radical (unpaired) electrons. The highest BCUT2D eigenvalue weighted by molar-refractivity contribution is 5.88. The maximum atomic E-state index is 16.1. The van der Waals surface area contributed by atoms with E-state index in [0.29, 0.717) is 106 Å². The largest absolute Gasteiger partial charge is 0.446 e. The summed E-state index contributed by atoms with van der Waals surface area (Å²) in [5, 5.41) is 19.0. The summed E-state index contributed by atoms with van der Waals surface area (Å²) in [6.45, 7) is 0.152. The third kappa shape index (κ3) is 16.2. The Labute approximate surface area is 483 Å². The lowest BCUT2D eigenvalue weighted by Crippen LogP contribution is -2.63. The number of nitrogens with zero attached hydrogens (tertiary/aromatic N) is 5. The van der Waals surface area contributed by atoms with Crippen molar-refractivity contribution in [2.75, 3.05) is 37.7 Å². The number of alkyl carbamates (subject to hydrolysis) is 2. The van der Waals surface area contributed by atoms with Crippen LogP contribution in [0.5, 0.6) is 0 Å². The van der Waals surface area contributed by atoms with Crippen molar-refractivity contribution in [2.45, 2.75) is 153 Å². The zero-order chi connectivity index (χ0) is 61.8. The van der Waals surface area contributed by atoms with Gasteiger partial charge in [-0.3, -0.25) is 19.9 Å². The third-order valence-corrected chi connectivity index (χ3v) is 15.7. The number of allylic oxidation sites excluding steroid dienone is 1. The number of amides is 4. The Morgan fingerprint density at radius 1 is 0.788 bits per heavy atom. The van der Waals surface area contributed by atoms with Gasteiger partial charge < -0.3 is 45.9 Å². The number of anilines is 1. The fraction of sp³-hybridized carbons (Fsp3) is 0.544. The average Bonchev–Trinajstić information content (AvgIpc) is 2.01. The number of aromatic nitrogens is 1. The lowest BCUT2D eigenvalue weighted by Gasteiger charge is -2.47. The Morgan fingerprint density at radius 2 is 1.32 bits per heavy atom. The molecule has 2 aromatic carbocycles. The fourth-order valence-electron chi connectivity index (χ4n) is 10.0. The second kappa shape index (κ2) is 26.2. The number of hydrazine groups is 1. The number of ether oxygens (including phenoxy) is 3. The molecule has 2 saturated carbocycles. The molecular formula is C57H66F10N10O8. The molecule has 3 aliphatic heterocycles. The van der Waals surface area contributed by atoms with Crippen LogP contribution in [0.2, 0.25) is 0 Å². The number of hydrogen-bond acceptors (Lipinski definition) is 14. The number of aliphatic hydroxyl groups is 1. The van der Waals surface area contributed by atoms with Crippen molar-refractivity contribution >= 4 is 41.7 Å². The smallest absolute Gasteiger partial charge is 0.408 e. The standard InChI is InChI=1S/C57H66F10N10O8/c1-54(2,56(62,63)64)47(72-52(81)84-38-14-15-38)49(79)71-44(21-32-8-5-31(6-9-32)7-10-33-11-18-46(70-24-33)75-25-35-12-13-36(26-75)77(35)37-29-83-30-37)45(78)28-76(27-40-41(58)22-34(23-42(40)59)43(68)19-20-69-51(60)61)74-50(80)48(55(3,4)57(65,66)67)73-53(82)85-39-16-17-39/h5-6,8-9,11,18-20,22-24,35-39,44-45,47-48,51,78H,12-17,21,25-30,68H2,1-4H3,(H,71,79)(H,72,81)(H,73,82)(H,74,80)/t35?,36?,44-,45-,47?,48+/m0/s1. The van der Waals surface area contributed by atoms with E-state index in [1.807, 2.05) is 22.8 Å². The first-order valence-electron chi connectivity index (χ1n) is 27.5. The van der Waals surface area contributed by atoms with Crippen molar-refractivity contribution in [1.29, 1.82) is 0 Å². The van der Waals surface area contributed by atoms with Crippen molar-refractivity contribution < 1.29 is 82.4 Å². The van der Waals surface area contributed by atoms with Gasteiger partial charge in [0.1, 0.15) is 41.7 Å². The van der Waals surface area contributed by atoms with Gasteiger partial charge in [0.25, 0.3) is 5.91 Å². The topological polar surface area (TPSA) is 225 Å². The van der Waals surface area contributed by atoms with E-state index in [-0.39, 0.29) is 5.56 Å². The van der Waals surface area contributed by atoms with Crippen LogP contribution >= 0.6 is 0 Å². The Kier molecular flexibility index (Phi) is 19.6. The number of benzene rings is 2. The molecule has 4 heterocycles. The van der Waals surface area contributed by atoms with Crippen molar-refractivity contribution in [3.63, 3.8) is 0 Å². The molecule has 85 heavy (non-hydrogen) atoms. The molecule has 0 spiro atoms. The molecule has 18 nitrogen and oxygen atoms in total. The number of piperazine rings is 1. The quantitative estimate of drug-likeness (QED) is 0.0196. The van der Waals surface area contributed by atoms with E-state index in [1.54, 1.807) is 18.3 Å². The zero-order valence-electron chi connectivity index (χ0n) is 46.7. The molecule has 3 aromatic rings. The molecule has 8 rings (SSSR count). The predicted octanol–water partition coefficient (Wildman–Crippen LogP) is 7.02. The fourth-order valence-corrected chi connectivity index (χ4v) is 10.0. The van der Waals surface area contributed by atoms with Crippen LogP contribution in [0.25, 0.3) is 5.70 Å². The summed E-state index contributed by atoms with van der Waals surface area (Å²) in [5.74, 6) is 0.859. The van der Waals surface area contributed by atoms with Crippen LogP contribution < -0.4 is 32.0 Å². The highest BCUT2D eigenvalue weighted by atomic mass is 19.4. The second-order valence-corrected chi connectivity index (χ2v) is 22.9. The number of alkyl halides is 8. The van der Waals surface area contributed by atoms with Crippen LogP contribution in [0.1, 0.15) is 94.0 Å². The Balaban J connectivity index is 1.08. The first-order chi connectivity index (χ1) is 40.0. The highest BCUT2D eigenvalue weighted by Gasteiger charge is 2.58. The summed E-state index contributed by atoms with van der Waals surface area (Å²) in [6, 6.07) is 5.66. The van der Waals surface area contributed by atoms with Crippen LogP contribution in [-0.2, 0) is 36.8 Å². The zero-order valence-corrected chi connectivity index (χ0v) is 46.7. The number of aliphatic imine (C=N–C) groups is 1. The first kappa shape index (κ1) is 63.8. The molecule has 2 aliphatic carbocycles. The van der Waals surface area contributed by atoms with Crippen LogP contribution in [0.15, 0.2) is 65.8 Å². The Bertz CT molecular complexity index is 2980. The lowest BCUT2D eigenvalue weighted by atomic mass is 9.82. The van der Waals surface area contributed by atoms with E-state index in [2.05, 4.69) is 42.4 Å². The highest BCUT2D eigenvalue weighted by Crippen LogP contribution is 2.43. The first-order valence-corrected chi connectivity index (χ1v) is 27.5. The second-order valence-electron chi connectivity index (χ2n) is 22.9. The molecule has 28 heteroatoms. The van der Waals surface area contributed by atoms with Crippen molar-refractivity contribution in [1.82, 2.24) is 36.3 Å². The van der Waals surface area contributed by atoms with Gasteiger partial charge in [-0.05, 0) is 121 Å². The third-order valence-electron chi connectivity index (χ3n) is 15.7. The average molecular weight is 1210 g/mol. The number of nitrogens with one attached hydrogen (secondary N) is 4. The summed E-state index contributed by atoms with van der Waals surface area (Å²) in [5.41, 5.74) is 1.33. The normalized spacial score (nSPS) is 20.2. The number of fused-ring (bicyclic) bond motifs is 2. The molecule has 3 saturated heterocycles. The number of hydrogen-bond donors (Lipinski definition) is 6. The molecule has 7 N–H and O–H groups in total. The minimum Gasteiger partial charge on any atom is -0.446 e. The summed E-state index contributed by atoms with van der Waals surface area (Å²) >= 11 is 0. The number of nitrogens with two attached hydrogens (primary N) is 1. The molecule has 4 amide bonds. The van der Waals surface area contributed by atoms with E-state index in [1.165, 1.54) is 12.1 Å². The number of rotatable bonds is 22. The number of halogens is 10. The molecule has 5 aliphatic rings.